The van der Waals surface area contributed by atoms with Crippen molar-refractivity contribution >= 4 is 17.4 Å². The number of benzene rings is 1. The molecule has 0 bridgehead atoms. The van der Waals surface area contributed by atoms with E-state index >= 15 is 0 Å². The SMILES string of the molecule is O=C(NCCNc1cc(N2CCOCC2)cnn1)c1cccc2c1OCCO2. The molecule has 3 heterocycles. The average Bonchev–Trinajstić information content (AvgIpc) is 2.77. The van der Waals surface area contributed by atoms with E-state index in [0.717, 1.165) is 32.0 Å². The molecule has 4 rings (SSSR count). The summed E-state index contributed by atoms with van der Waals surface area (Å²) < 4.78 is 16.5. The van der Waals surface area contributed by atoms with Crippen LogP contribution in [-0.4, -0.2) is 68.7 Å². The Bertz CT molecular complexity index is 826. The maximum Gasteiger partial charge on any atom is 0.255 e. The van der Waals surface area contributed by atoms with Gasteiger partial charge in [0.25, 0.3) is 5.91 Å². The van der Waals surface area contributed by atoms with Crippen LogP contribution in [0.2, 0.25) is 0 Å². The zero-order chi connectivity index (χ0) is 19.2. The van der Waals surface area contributed by atoms with Crippen molar-refractivity contribution in [2.75, 3.05) is 62.8 Å². The zero-order valence-electron chi connectivity index (χ0n) is 15.5. The number of para-hydroxylation sites is 1. The van der Waals surface area contributed by atoms with E-state index in [4.69, 9.17) is 14.2 Å². The largest absolute Gasteiger partial charge is 0.486 e. The second kappa shape index (κ2) is 8.75. The van der Waals surface area contributed by atoms with Crippen LogP contribution in [0.1, 0.15) is 10.4 Å². The number of carbonyl (C=O) groups is 1. The molecule has 2 N–H and O–H groups in total. The first-order valence-corrected chi connectivity index (χ1v) is 9.37. The fourth-order valence-electron chi connectivity index (χ4n) is 3.15. The monoisotopic (exact) mass is 385 g/mol. The predicted octanol–water partition coefficient (Wildman–Crippen LogP) is 0.926. The van der Waals surface area contributed by atoms with Crippen molar-refractivity contribution in [2.45, 2.75) is 0 Å². The first-order valence-electron chi connectivity index (χ1n) is 9.37. The first kappa shape index (κ1) is 18.3. The van der Waals surface area contributed by atoms with Crippen LogP contribution in [-0.2, 0) is 4.74 Å². The number of ether oxygens (including phenoxy) is 3. The van der Waals surface area contributed by atoms with Gasteiger partial charge in [0.05, 0.1) is 30.7 Å². The van der Waals surface area contributed by atoms with E-state index in [-0.39, 0.29) is 5.91 Å². The van der Waals surface area contributed by atoms with Crippen LogP contribution in [0.15, 0.2) is 30.5 Å². The topological polar surface area (TPSA) is 97.8 Å². The minimum atomic E-state index is -0.197. The molecule has 148 valence electrons. The molecule has 2 aliphatic heterocycles. The quantitative estimate of drug-likeness (QED) is 0.709. The smallest absolute Gasteiger partial charge is 0.255 e. The fourth-order valence-corrected chi connectivity index (χ4v) is 3.15. The number of nitrogens with zero attached hydrogens (tertiary/aromatic N) is 3. The number of anilines is 2. The third-order valence-electron chi connectivity index (χ3n) is 4.54. The highest BCUT2D eigenvalue weighted by Crippen LogP contribution is 2.33. The molecular formula is C19H23N5O4. The van der Waals surface area contributed by atoms with Gasteiger partial charge in [-0.05, 0) is 12.1 Å². The maximum atomic E-state index is 12.5. The van der Waals surface area contributed by atoms with Crippen LogP contribution < -0.4 is 25.0 Å². The molecule has 0 spiro atoms. The van der Waals surface area contributed by atoms with Gasteiger partial charge in [0.1, 0.15) is 13.2 Å². The van der Waals surface area contributed by atoms with Crippen LogP contribution in [0.4, 0.5) is 11.5 Å². The molecule has 9 nitrogen and oxygen atoms in total. The van der Waals surface area contributed by atoms with Crippen molar-refractivity contribution in [3.63, 3.8) is 0 Å². The lowest BCUT2D eigenvalue weighted by molar-refractivity contribution is 0.0944. The third-order valence-corrected chi connectivity index (χ3v) is 4.54. The molecule has 1 amide bonds. The Morgan fingerprint density at radius 2 is 1.96 bits per heavy atom. The van der Waals surface area contributed by atoms with Gasteiger partial charge >= 0.3 is 0 Å². The van der Waals surface area contributed by atoms with E-state index in [2.05, 4.69) is 25.7 Å². The molecule has 2 aliphatic rings. The maximum absolute atomic E-state index is 12.5. The summed E-state index contributed by atoms with van der Waals surface area (Å²) in [6.45, 7) is 5.02. The lowest BCUT2D eigenvalue weighted by Crippen LogP contribution is -2.36. The Kier molecular flexibility index (Phi) is 5.72. The first-order chi connectivity index (χ1) is 13.8. The van der Waals surface area contributed by atoms with Gasteiger partial charge in [0.15, 0.2) is 17.3 Å². The molecule has 28 heavy (non-hydrogen) atoms. The molecule has 0 radical (unpaired) electrons. The van der Waals surface area contributed by atoms with Gasteiger partial charge in [-0.25, -0.2) is 0 Å². The summed E-state index contributed by atoms with van der Waals surface area (Å²) in [5.74, 6) is 1.58. The Balaban J connectivity index is 1.29. The van der Waals surface area contributed by atoms with Gasteiger partial charge in [-0.3, -0.25) is 4.79 Å². The Morgan fingerprint density at radius 3 is 2.86 bits per heavy atom. The Hall–Kier alpha value is -3.07. The van der Waals surface area contributed by atoms with Gasteiger partial charge in [0, 0.05) is 32.2 Å². The van der Waals surface area contributed by atoms with Crippen LogP contribution in [0.3, 0.4) is 0 Å². The van der Waals surface area contributed by atoms with E-state index in [1.165, 1.54) is 0 Å². The Morgan fingerprint density at radius 1 is 1.11 bits per heavy atom. The standard InChI is InChI=1S/C19H23N5O4/c25-19(15-2-1-3-16-18(15)28-11-10-27-16)21-5-4-20-17-12-14(13-22-23-17)24-6-8-26-9-7-24/h1-3,12-13H,4-11H2,(H,20,23)(H,21,25). The summed E-state index contributed by atoms with van der Waals surface area (Å²) in [5, 5.41) is 14.2. The number of morpholine rings is 1. The molecule has 9 heteroatoms. The summed E-state index contributed by atoms with van der Waals surface area (Å²) in [6.07, 6.45) is 1.75. The normalized spacial score (nSPS) is 15.8. The second-order valence-corrected chi connectivity index (χ2v) is 6.41. The highest BCUT2D eigenvalue weighted by atomic mass is 16.6. The van der Waals surface area contributed by atoms with Crippen molar-refractivity contribution in [1.29, 1.82) is 0 Å². The number of carbonyl (C=O) groups excluding carboxylic acids is 1. The summed E-state index contributed by atoms with van der Waals surface area (Å²) in [7, 11) is 0. The van der Waals surface area contributed by atoms with Gasteiger partial charge in [-0.1, -0.05) is 6.07 Å². The molecule has 1 saturated heterocycles. The summed E-state index contributed by atoms with van der Waals surface area (Å²) in [4.78, 5) is 14.7. The van der Waals surface area contributed by atoms with Gasteiger partial charge in [0.2, 0.25) is 0 Å². The minimum Gasteiger partial charge on any atom is -0.486 e. The minimum absolute atomic E-state index is 0.197. The van der Waals surface area contributed by atoms with Crippen molar-refractivity contribution in [1.82, 2.24) is 15.5 Å². The molecule has 1 aromatic heterocycles. The molecule has 1 fully saturated rings. The molecule has 0 saturated carbocycles. The molecule has 0 atom stereocenters. The number of amides is 1. The molecular weight excluding hydrogens is 362 g/mol. The Labute approximate surface area is 163 Å². The average molecular weight is 385 g/mol. The second-order valence-electron chi connectivity index (χ2n) is 6.41. The molecule has 1 aromatic carbocycles. The van der Waals surface area contributed by atoms with Crippen LogP contribution in [0, 0.1) is 0 Å². The lowest BCUT2D eigenvalue weighted by atomic mass is 10.1. The van der Waals surface area contributed by atoms with Gasteiger partial charge < -0.3 is 29.7 Å². The van der Waals surface area contributed by atoms with Crippen molar-refractivity contribution in [3.8, 4) is 11.5 Å². The summed E-state index contributed by atoms with van der Waals surface area (Å²) >= 11 is 0. The molecule has 0 aliphatic carbocycles. The third kappa shape index (κ3) is 4.25. The number of hydrogen-bond donors (Lipinski definition) is 2. The van der Waals surface area contributed by atoms with Crippen molar-refractivity contribution < 1.29 is 19.0 Å². The lowest BCUT2D eigenvalue weighted by Gasteiger charge is -2.28. The van der Waals surface area contributed by atoms with E-state index in [0.29, 0.717) is 49.2 Å². The molecule has 2 aromatic rings. The van der Waals surface area contributed by atoms with Crippen LogP contribution >= 0.6 is 0 Å². The number of hydrogen-bond acceptors (Lipinski definition) is 8. The summed E-state index contributed by atoms with van der Waals surface area (Å²) in [5.41, 5.74) is 1.49. The summed E-state index contributed by atoms with van der Waals surface area (Å²) in [6, 6.07) is 7.27. The van der Waals surface area contributed by atoms with Crippen molar-refractivity contribution in [2.24, 2.45) is 0 Å². The zero-order valence-corrected chi connectivity index (χ0v) is 15.5. The van der Waals surface area contributed by atoms with Gasteiger partial charge in [-0.15, -0.1) is 5.10 Å². The number of nitrogens with one attached hydrogen (secondary N) is 2. The number of aromatic nitrogens is 2. The van der Waals surface area contributed by atoms with Crippen LogP contribution in [0.5, 0.6) is 11.5 Å². The van der Waals surface area contributed by atoms with E-state index < -0.39 is 0 Å². The highest BCUT2D eigenvalue weighted by molar-refractivity contribution is 5.97. The van der Waals surface area contributed by atoms with E-state index in [1.807, 2.05) is 6.07 Å². The highest BCUT2D eigenvalue weighted by Gasteiger charge is 2.20. The van der Waals surface area contributed by atoms with Crippen LogP contribution in [0.25, 0.3) is 0 Å². The number of rotatable bonds is 6. The molecule has 0 unspecified atom stereocenters. The van der Waals surface area contributed by atoms with Crippen molar-refractivity contribution in [3.05, 3.63) is 36.0 Å². The predicted molar refractivity (Wildman–Crippen MR) is 103 cm³/mol. The van der Waals surface area contributed by atoms with Gasteiger partial charge in [-0.2, -0.15) is 5.10 Å². The van der Waals surface area contributed by atoms with E-state index in [9.17, 15) is 4.79 Å². The fraction of sp³-hybridized carbons (Fsp3) is 0.421. The van der Waals surface area contributed by atoms with E-state index in [1.54, 1.807) is 24.4 Å². The number of fused-ring (bicyclic) bond motifs is 1.